The molecule has 11 heteroatoms. The maximum atomic E-state index is 11.5. The molecule has 0 saturated heterocycles. The van der Waals surface area contributed by atoms with Gasteiger partial charge >= 0.3 is 10.0 Å². The van der Waals surface area contributed by atoms with E-state index >= 15 is 0 Å². The van der Waals surface area contributed by atoms with E-state index in [9.17, 15) is 18.5 Å². The highest BCUT2D eigenvalue weighted by atomic mass is 32.2. The molecule has 3 rings (SSSR count). The van der Waals surface area contributed by atoms with Crippen molar-refractivity contribution in [3.05, 3.63) is 70.0 Å². The molecular weight excluding hydrogens is 384 g/mol. The van der Waals surface area contributed by atoms with Crippen LogP contribution >= 0.6 is 0 Å². The van der Waals surface area contributed by atoms with Crippen molar-refractivity contribution in [2.75, 3.05) is 0 Å². The molecule has 0 saturated carbocycles. The second-order valence-electron chi connectivity index (χ2n) is 6.02. The average Bonchev–Trinajstić information content (AvgIpc) is 2.93. The third-order valence-corrected chi connectivity index (χ3v) is 4.99. The van der Waals surface area contributed by atoms with E-state index in [1.54, 1.807) is 36.7 Å². The van der Waals surface area contributed by atoms with E-state index in [2.05, 4.69) is 20.5 Å². The van der Waals surface area contributed by atoms with Crippen LogP contribution in [0.4, 0.5) is 17.1 Å². The number of nitro groups is 1. The van der Waals surface area contributed by atoms with Crippen molar-refractivity contribution in [1.29, 1.82) is 0 Å². The zero-order valence-electron chi connectivity index (χ0n) is 15.1. The van der Waals surface area contributed by atoms with Crippen molar-refractivity contribution in [2.45, 2.75) is 18.7 Å². The van der Waals surface area contributed by atoms with Crippen LogP contribution in [-0.2, 0) is 10.0 Å². The van der Waals surface area contributed by atoms with E-state index in [1.165, 1.54) is 30.3 Å². The van der Waals surface area contributed by atoms with Gasteiger partial charge in [0.25, 0.3) is 5.69 Å². The Bertz CT molecular complexity index is 1180. The first-order valence-electron chi connectivity index (χ1n) is 8.08. The molecule has 0 aliphatic heterocycles. The van der Waals surface area contributed by atoms with Gasteiger partial charge in [-0.2, -0.15) is 18.6 Å². The fourth-order valence-electron chi connectivity index (χ4n) is 2.60. The molecule has 1 heterocycles. The first-order chi connectivity index (χ1) is 13.2. The highest BCUT2D eigenvalue weighted by molar-refractivity contribution is 7.84. The number of rotatable bonds is 5. The highest BCUT2D eigenvalue weighted by Crippen LogP contribution is 2.28. The van der Waals surface area contributed by atoms with Crippen LogP contribution in [0, 0.1) is 24.0 Å². The van der Waals surface area contributed by atoms with Gasteiger partial charge in [0, 0.05) is 12.1 Å². The van der Waals surface area contributed by atoms with Gasteiger partial charge in [-0.1, -0.05) is 6.07 Å². The van der Waals surface area contributed by atoms with Gasteiger partial charge in [0.15, 0.2) is 0 Å². The molecule has 0 aliphatic carbocycles. The van der Waals surface area contributed by atoms with Gasteiger partial charge in [-0.15, -0.1) is 5.11 Å². The quantitative estimate of drug-likeness (QED) is 0.396. The third-order valence-electron chi connectivity index (χ3n) is 4.00. The predicted molar refractivity (Wildman–Crippen MR) is 100 cm³/mol. The number of benzene rings is 2. The molecule has 0 radical (unpaired) electrons. The lowest BCUT2D eigenvalue weighted by Gasteiger charge is -2.04. The molecule has 3 N–H and O–H groups in total. The molecule has 0 unspecified atom stereocenters. The molecule has 3 aromatic rings. The van der Waals surface area contributed by atoms with Crippen LogP contribution in [0.1, 0.15) is 11.4 Å². The molecule has 0 bridgehead atoms. The van der Waals surface area contributed by atoms with E-state index in [-0.39, 0.29) is 10.6 Å². The SMILES string of the molecule is Cc1nn(-c2ccc(S([NH3+])(=O)=O)cc2)c(C)c1N=Nc1cccc([N+](=O)[O-])c1. The average molecular weight is 401 g/mol. The lowest BCUT2D eigenvalue weighted by atomic mass is 10.3. The van der Waals surface area contributed by atoms with Crippen molar-refractivity contribution in [3.63, 3.8) is 0 Å². The zero-order valence-corrected chi connectivity index (χ0v) is 15.9. The topological polar surface area (TPSA) is 147 Å². The van der Waals surface area contributed by atoms with Crippen molar-refractivity contribution in [2.24, 2.45) is 10.2 Å². The number of non-ortho nitro benzene ring substituents is 1. The number of nitro benzene ring substituents is 1. The summed E-state index contributed by atoms with van der Waals surface area (Å²) in [6, 6.07) is 12.0. The number of aryl methyl sites for hydroxylation is 1. The minimum absolute atomic E-state index is 0.0685. The molecule has 0 spiro atoms. The third kappa shape index (κ3) is 3.94. The summed E-state index contributed by atoms with van der Waals surface area (Å²) in [6.07, 6.45) is 0. The number of hydrogen-bond donors (Lipinski definition) is 1. The summed E-state index contributed by atoms with van der Waals surface area (Å²) in [5.74, 6) is 0. The van der Waals surface area contributed by atoms with Crippen LogP contribution in [0.25, 0.3) is 5.69 Å². The smallest absolute Gasteiger partial charge is 0.258 e. The van der Waals surface area contributed by atoms with Crippen LogP contribution < -0.4 is 5.14 Å². The zero-order chi connectivity index (χ0) is 20.5. The Labute approximate surface area is 160 Å². The first-order valence-corrected chi connectivity index (χ1v) is 9.73. The van der Waals surface area contributed by atoms with Crippen LogP contribution in [0.3, 0.4) is 0 Å². The van der Waals surface area contributed by atoms with Crippen molar-refractivity contribution >= 4 is 27.1 Å². The molecule has 144 valence electrons. The van der Waals surface area contributed by atoms with E-state index in [1.807, 2.05) is 0 Å². The molecule has 2 aromatic carbocycles. The Kier molecular flexibility index (Phi) is 5.03. The highest BCUT2D eigenvalue weighted by Gasteiger charge is 2.15. The van der Waals surface area contributed by atoms with Crippen LogP contribution in [0.5, 0.6) is 0 Å². The van der Waals surface area contributed by atoms with Crippen molar-refractivity contribution in [1.82, 2.24) is 9.78 Å². The predicted octanol–water partition coefficient (Wildman–Crippen LogP) is 2.74. The Morgan fingerprint density at radius 3 is 2.39 bits per heavy atom. The number of hydrogen-bond acceptors (Lipinski definition) is 7. The number of sulfonamides is 1. The summed E-state index contributed by atoms with van der Waals surface area (Å²) in [5.41, 5.74) is 2.77. The summed E-state index contributed by atoms with van der Waals surface area (Å²) in [4.78, 5) is 10.5. The summed E-state index contributed by atoms with van der Waals surface area (Å²) in [6.45, 7) is 3.56. The second-order valence-corrected chi connectivity index (χ2v) is 7.72. The summed E-state index contributed by atoms with van der Waals surface area (Å²) in [7, 11) is -3.52. The molecule has 0 aliphatic rings. The van der Waals surface area contributed by atoms with Gasteiger partial charge in [-0.05, 0) is 44.2 Å². The van der Waals surface area contributed by atoms with E-state index < -0.39 is 14.9 Å². The molecule has 0 atom stereocenters. The van der Waals surface area contributed by atoms with Gasteiger partial charge < -0.3 is 0 Å². The fraction of sp³-hybridized carbons (Fsp3) is 0.118. The van der Waals surface area contributed by atoms with Crippen molar-refractivity contribution in [3.8, 4) is 5.69 Å². The first kappa shape index (κ1) is 19.3. The molecule has 10 nitrogen and oxygen atoms in total. The van der Waals surface area contributed by atoms with Crippen molar-refractivity contribution < 1.29 is 18.5 Å². The molecule has 1 aromatic heterocycles. The maximum Gasteiger partial charge on any atom is 0.322 e. The summed E-state index contributed by atoms with van der Waals surface area (Å²) < 4.78 is 24.6. The molecule has 0 fully saturated rings. The van der Waals surface area contributed by atoms with Crippen LogP contribution in [-0.4, -0.2) is 23.1 Å². The minimum Gasteiger partial charge on any atom is -0.258 e. The van der Waals surface area contributed by atoms with Gasteiger partial charge in [-0.25, -0.2) is 9.82 Å². The Hall–Kier alpha value is -3.44. The van der Waals surface area contributed by atoms with E-state index in [4.69, 9.17) is 0 Å². The van der Waals surface area contributed by atoms with Gasteiger partial charge in [0.1, 0.15) is 10.6 Å². The number of nitrogens with zero attached hydrogens (tertiary/aromatic N) is 5. The Morgan fingerprint density at radius 2 is 1.79 bits per heavy atom. The largest absolute Gasteiger partial charge is 0.322 e. The normalized spacial score (nSPS) is 11.8. The summed E-state index contributed by atoms with van der Waals surface area (Å²) >= 11 is 0. The number of quaternary nitrogens is 1. The number of aromatic nitrogens is 2. The second kappa shape index (κ2) is 7.29. The van der Waals surface area contributed by atoms with Crippen LogP contribution in [0.15, 0.2) is 63.7 Å². The number of azo groups is 1. The molecule has 28 heavy (non-hydrogen) atoms. The molecule has 0 amide bonds. The standard InChI is InChI=1S/C17H16N6O4S/c1-11-17(20-19-13-4-3-5-15(10-13)23(24)25)12(2)22(21-11)14-6-8-16(9-7-14)28(18,26)27/h3-10H,1-2H3,(H2,18,26,27)/p+1. The van der Waals surface area contributed by atoms with Gasteiger partial charge in [0.05, 0.1) is 27.7 Å². The van der Waals surface area contributed by atoms with E-state index in [0.29, 0.717) is 28.5 Å². The van der Waals surface area contributed by atoms with Crippen LogP contribution in [0.2, 0.25) is 0 Å². The minimum atomic E-state index is -3.52. The monoisotopic (exact) mass is 401 g/mol. The lowest BCUT2D eigenvalue weighted by molar-refractivity contribution is -0.384. The lowest BCUT2D eigenvalue weighted by Crippen LogP contribution is -2.56. The maximum absolute atomic E-state index is 11.5. The molecular formula is C17H17N6O4S+. The Balaban J connectivity index is 1.94. The fourth-order valence-corrected chi connectivity index (χ4v) is 3.15. The van der Waals surface area contributed by atoms with E-state index in [0.717, 1.165) is 0 Å². The Morgan fingerprint density at radius 1 is 1.11 bits per heavy atom. The summed E-state index contributed by atoms with van der Waals surface area (Å²) in [5, 5.41) is 26.7. The van der Waals surface area contributed by atoms with Gasteiger partial charge in [0.2, 0.25) is 0 Å². The van der Waals surface area contributed by atoms with Gasteiger partial charge in [-0.3, -0.25) is 10.1 Å².